The first-order chi connectivity index (χ1) is 14.6. The summed E-state index contributed by atoms with van der Waals surface area (Å²) < 4.78 is 5.60. The van der Waals surface area contributed by atoms with Crippen LogP contribution >= 0.6 is 24.0 Å². The molecule has 1 aliphatic heterocycles. The lowest BCUT2D eigenvalue weighted by Crippen LogP contribution is -2.52. The fourth-order valence-corrected chi connectivity index (χ4v) is 3.22. The van der Waals surface area contributed by atoms with Gasteiger partial charge in [0.25, 0.3) is 5.91 Å². The maximum atomic E-state index is 11.7. The van der Waals surface area contributed by atoms with Gasteiger partial charge in [0.05, 0.1) is 0 Å². The lowest BCUT2D eigenvalue weighted by molar-refractivity contribution is -0.130. The molecule has 1 fully saturated rings. The number of halogens is 1. The largest absolute Gasteiger partial charge is 0.484 e. The molecule has 8 nitrogen and oxygen atoms in total. The Morgan fingerprint density at radius 3 is 2.58 bits per heavy atom. The Morgan fingerprint density at radius 2 is 1.94 bits per heavy atom. The first-order valence-corrected chi connectivity index (χ1v) is 10.1. The fourth-order valence-electron chi connectivity index (χ4n) is 3.22. The number of aromatic nitrogens is 1. The standard InChI is InChI=1S/C22H30N6O2.HI/c1-23-22(28-13-11-27(12-14-28)20-9-4-5-10-24-20)25-16-18-7-6-8-19(15-18)30-17-21(29)26(2)3;/h4-10,15H,11-14,16-17H2,1-3H3,(H,23,25);1H. The number of likely N-dealkylation sites (N-methyl/N-ethyl adjacent to an activating group) is 1. The quantitative estimate of drug-likeness (QED) is 0.345. The van der Waals surface area contributed by atoms with Crippen molar-refractivity contribution in [3.8, 4) is 5.75 Å². The van der Waals surface area contributed by atoms with E-state index in [0.29, 0.717) is 12.3 Å². The summed E-state index contributed by atoms with van der Waals surface area (Å²) in [6, 6.07) is 13.8. The summed E-state index contributed by atoms with van der Waals surface area (Å²) in [7, 11) is 5.24. The fraction of sp³-hybridized carbons (Fsp3) is 0.409. The van der Waals surface area contributed by atoms with Crippen molar-refractivity contribution in [2.24, 2.45) is 4.99 Å². The molecule has 0 radical (unpaired) electrons. The molecular formula is C22H31IN6O2. The molecule has 1 aromatic heterocycles. The van der Waals surface area contributed by atoms with Gasteiger partial charge in [0.15, 0.2) is 12.6 Å². The highest BCUT2D eigenvalue weighted by Crippen LogP contribution is 2.15. The summed E-state index contributed by atoms with van der Waals surface area (Å²) in [6.45, 7) is 4.23. The van der Waals surface area contributed by atoms with Gasteiger partial charge >= 0.3 is 0 Å². The maximum Gasteiger partial charge on any atom is 0.259 e. The predicted octanol–water partition coefficient (Wildman–Crippen LogP) is 2.06. The number of nitrogens with one attached hydrogen (secondary N) is 1. The van der Waals surface area contributed by atoms with Crippen LogP contribution in [0.15, 0.2) is 53.7 Å². The molecule has 0 saturated carbocycles. The average molecular weight is 538 g/mol. The number of aliphatic imine (C=N–C) groups is 1. The summed E-state index contributed by atoms with van der Waals surface area (Å²) >= 11 is 0. The van der Waals surface area contributed by atoms with Crippen molar-refractivity contribution in [3.63, 3.8) is 0 Å². The van der Waals surface area contributed by atoms with Crippen LogP contribution in [-0.2, 0) is 11.3 Å². The lowest BCUT2D eigenvalue weighted by Gasteiger charge is -2.37. The van der Waals surface area contributed by atoms with E-state index in [0.717, 1.165) is 43.5 Å². The Balaban J connectivity index is 0.00000341. The van der Waals surface area contributed by atoms with E-state index in [2.05, 4.69) is 25.1 Å². The zero-order chi connectivity index (χ0) is 21.3. The zero-order valence-electron chi connectivity index (χ0n) is 18.3. The lowest BCUT2D eigenvalue weighted by atomic mass is 10.2. The highest BCUT2D eigenvalue weighted by Gasteiger charge is 2.20. The number of piperazine rings is 1. The van der Waals surface area contributed by atoms with Crippen molar-refractivity contribution in [1.29, 1.82) is 0 Å². The van der Waals surface area contributed by atoms with Gasteiger partial charge in [-0.1, -0.05) is 18.2 Å². The van der Waals surface area contributed by atoms with E-state index >= 15 is 0 Å². The molecule has 31 heavy (non-hydrogen) atoms. The topological polar surface area (TPSA) is 73.3 Å². The third-order valence-corrected chi connectivity index (χ3v) is 4.97. The van der Waals surface area contributed by atoms with Gasteiger partial charge in [-0.25, -0.2) is 4.98 Å². The van der Waals surface area contributed by atoms with Crippen LogP contribution in [-0.4, -0.2) is 80.6 Å². The second-order valence-corrected chi connectivity index (χ2v) is 7.29. The van der Waals surface area contributed by atoms with Crippen molar-refractivity contribution >= 4 is 41.7 Å². The van der Waals surface area contributed by atoms with Crippen LogP contribution in [0.3, 0.4) is 0 Å². The molecule has 0 atom stereocenters. The van der Waals surface area contributed by atoms with Crippen LogP contribution in [0.25, 0.3) is 0 Å². The Kier molecular flexibility index (Phi) is 9.83. The second kappa shape index (κ2) is 12.3. The van der Waals surface area contributed by atoms with Gasteiger partial charge < -0.3 is 24.8 Å². The van der Waals surface area contributed by atoms with E-state index in [-0.39, 0.29) is 36.5 Å². The number of hydrogen-bond donors (Lipinski definition) is 1. The summed E-state index contributed by atoms with van der Waals surface area (Å²) in [5.74, 6) is 2.52. The number of hydrogen-bond acceptors (Lipinski definition) is 5. The molecule has 2 aromatic rings. The van der Waals surface area contributed by atoms with E-state index in [4.69, 9.17) is 4.74 Å². The van der Waals surface area contributed by atoms with E-state index in [1.54, 1.807) is 21.1 Å². The molecular weight excluding hydrogens is 507 g/mol. The van der Waals surface area contributed by atoms with Crippen LogP contribution in [0, 0.1) is 0 Å². The smallest absolute Gasteiger partial charge is 0.259 e. The molecule has 1 aromatic carbocycles. The highest BCUT2D eigenvalue weighted by atomic mass is 127. The van der Waals surface area contributed by atoms with Gasteiger partial charge in [-0.3, -0.25) is 9.79 Å². The number of benzene rings is 1. The van der Waals surface area contributed by atoms with E-state index < -0.39 is 0 Å². The second-order valence-electron chi connectivity index (χ2n) is 7.29. The van der Waals surface area contributed by atoms with Crippen LogP contribution in [0.1, 0.15) is 5.56 Å². The molecule has 1 amide bonds. The number of carbonyl (C=O) groups excluding carboxylic acids is 1. The molecule has 9 heteroatoms. The number of anilines is 1. The molecule has 0 bridgehead atoms. The van der Waals surface area contributed by atoms with Crippen LogP contribution in [0.4, 0.5) is 5.82 Å². The highest BCUT2D eigenvalue weighted by molar-refractivity contribution is 14.0. The van der Waals surface area contributed by atoms with Crippen molar-refractivity contribution < 1.29 is 9.53 Å². The number of carbonyl (C=O) groups is 1. The van der Waals surface area contributed by atoms with Crippen molar-refractivity contribution in [1.82, 2.24) is 20.1 Å². The SMILES string of the molecule is CN=C(NCc1cccc(OCC(=O)N(C)C)c1)N1CCN(c2ccccn2)CC1.I. The Hall–Kier alpha value is -2.56. The molecule has 1 N–H and O–H groups in total. The summed E-state index contributed by atoms with van der Waals surface area (Å²) in [5, 5.41) is 3.43. The molecule has 0 aliphatic carbocycles. The molecule has 1 saturated heterocycles. The molecule has 3 rings (SSSR count). The normalized spacial score (nSPS) is 14.0. The van der Waals surface area contributed by atoms with Crippen LogP contribution in [0.5, 0.6) is 5.75 Å². The molecule has 1 aliphatic rings. The summed E-state index contributed by atoms with van der Waals surface area (Å²) in [4.78, 5) is 26.7. The number of amides is 1. The molecule has 0 unspecified atom stereocenters. The summed E-state index contributed by atoms with van der Waals surface area (Å²) in [5.41, 5.74) is 1.07. The van der Waals surface area contributed by atoms with Gasteiger partial charge in [0, 0.05) is 60.1 Å². The monoisotopic (exact) mass is 538 g/mol. The van der Waals surface area contributed by atoms with E-state index in [1.807, 2.05) is 48.7 Å². The first kappa shape index (κ1) is 24.7. The maximum absolute atomic E-state index is 11.7. The first-order valence-electron chi connectivity index (χ1n) is 10.1. The Morgan fingerprint density at radius 1 is 1.16 bits per heavy atom. The minimum atomic E-state index is -0.0659. The summed E-state index contributed by atoms with van der Waals surface area (Å²) in [6.07, 6.45) is 1.83. The van der Waals surface area contributed by atoms with E-state index in [9.17, 15) is 4.79 Å². The van der Waals surface area contributed by atoms with Crippen LogP contribution < -0.4 is 15.0 Å². The van der Waals surface area contributed by atoms with Gasteiger partial charge in [-0.05, 0) is 29.8 Å². The number of nitrogens with zero attached hydrogens (tertiary/aromatic N) is 5. The van der Waals surface area contributed by atoms with Gasteiger partial charge in [0.2, 0.25) is 0 Å². The third-order valence-electron chi connectivity index (χ3n) is 4.97. The van der Waals surface area contributed by atoms with Gasteiger partial charge in [-0.2, -0.15) is 0 Å². The van der Waals surface area contributed by atoms with Crippen molar-refractivity contribution in [2.45, 2.75) is 6.54 Å². The van der Waals surface area contributed by atoms with Gasteiger partial charge in [0.1, 0.15) is 11.6 Å². The van der Waals surface area contributed by atoms with Crippen LogP contribution in [0.2, 0.25) is 0 Å². The van der Waals surface area contributed by atoms with Crippen molar-refractivity contribution in [2.75, 3.05) is 58.8 Å². The minimum absolute atomic E-state index is 0. The molecule has 0 spiro atoms. The number of rotatable bonds is 6. The zero-order valence-corrected chi connectivity index (χ0v) is 20.7. The number of guanidine groups is 1. The Bertz CT molecular complexity index is 854. The van der Waals surface area contributed by atoms with Gasteiger partial charge in [-0.15, -0.1) is 24.0 Å². The van der Waals surface area contributed by atoms with Crippen molar-refractivity contribution in [3.05, 3.63) is 54.2 Å². The minimum Gasteiger partial charge on any atom is -0.484 e. The average Bonchev–Trinajstić information content (AvgIpc) is 2.79. The number of pyridine rings is 1. The van der Waals surface area contributed by atoms with E-state index in [1.165, 1.54) is 4.90 Å². The number of ether oxygens (including phenoxy) is 1. The third kappa shape index (κ3) is 7.27. The Labute approximate surface area is 201 Å². The molecule has 168 valence electrons. The predicted molar refractivity (Wildman–Crippen MR) is 134 cm³/mol. The molecule has 2 heterocycles.